The van der Waals surface area contributed by atoms with Crippen LogP contribution in [0.4, 0.5) is 13.2 Å². The molecule has 0 unspecified atom stereocenters. The van der Waals surface area contributed by atoms with Crippen LogP contribution in [0, 0.1) is 0 Å². The largest absolute Gasteiger partial charge is 0.491 e. The number of aliphatic hydroxyl groups is 2. The van der Waals surface area contributed by atoms with Crippen molar-refractivity contribution in [3.63, 3.8) is 0 Å². The second kappa shape index (κ2) is 7.32. The number of ether oxygens (including phenoxy) is 2. The molecule has 4 nitrogen and oxygen atoms in total. The zero-order valence-electron chi connectivity index (χ0n) is 10.1. The van der Waals surface area contributed by atoms with Crippen molar-refractivity contribution in [1.29, 1.82) is 0 Å². The van der Waals surface area contributed by atoms with E-state index in [0.717, 1.165) is 6.07 Å². The minimum Gasteiger partial charge on any atom is -0.491 e. The van der Waals surface area contributed by atoms with Crippen molar-refractivity contribution in [3.05, 3.63) is 29.3 Å². The van der Waals surface area contributed by atoms with Gasteiger partial charge in [0.15, 0.2) is 0 Å². The van der Waals surface area contributed by atoms with Gasteiger partial charge >= 0.3 is 6.18 Å². The molecule has 1 aromatic rings. The van der Waals surface area contributed by atoms with Gasteiger partial charge in [0.2, 0.25) is 0 Å². The van der Waals surface area contributed by atoms with Crippen LogP contribution in [0.25, 0.3) is 0 Å². The van der Waals surface area contributed by atoms with Gasteiger partial charge in [-0.2, -0.15) is 13.2 Å². The zero-order chi connectivity index (χ0) is 14.3. The number of rotatable bonds is 7. The van der Waals surface area contributed by atoms with Gasteiger partial charge in [-0.1, -0.05) is 6.07 Å². The summed E-state index contributed by atoms with van der Waals surface area (Å²) in [5.74, 6) is -0.308. The van der Waals surface area contributed by atoms with Gasteiger partial charge in [-0.3, -0.25) is 0 Å². The molecule has 0 aliphatic carbocycles. The van der Waals surface area contributed by atoms with Crippen LogP contribution in [-0.4, -0.2) is 36.6 Å². The Kier molecular flexibility index (Phi) is 6.07. The lowest BCUT2D eigenvalue weighted by Crippen LogP contribution is -2.13. The van der Waals surface area contributed by atoms with Crippen LogP contribution >= 0.6 is 0 Å². The van der Waals surface area contributed by atoms with E-state index in [4.69, 9.17) is 19.7 Å². The first kappa shape index (κ1) is 15.7. The summed E-state index contributed by atoms with van der Waals surface area (Å²) in [6, 6.07) is 3.38. The molecule has 0 amide bonds. The molecule has 0 saturated carbocycles. The molecular weight excluding hydrogens is 265 g/mol. The third-order valence-electron chi connectivity index (χ3n) is 2.25. The summed E-state index contributed by atoms with van der Waals surface area (Å²) in [7, 11) is 0. The first-order chi connectivity index (χ1) is 8.99. The van der Waals surface area contributed by atoms with Crippen molar-refractivity contribution in [1.82, 2.24) is 0 Å². The zero-order valence-corrected chi connectivity index (χ0v) is 10.1. The van der Waals surface area contributed by atoms with E-state index in [1.165, 1.54) is 12.1 Å². The summed E-state index contributed by atoms with van der Waals surface area (Å²) < 4.78 is 48.2. The van der Waals surface area contributed by atoms with E-state index in [2.05, 4.69) is 0 Å². The topological polar surface area (TPSA) is 58.9 Å². The number of halogens is 3. The monoisotopic (exact) mass is 280 g/mol. The second-order valence-corrected chi connectivity index (χ2v) is 3.67. The third-order valence-corrected chi connectivity index (χ3v) is 2.25. The van der Waals surface area contributed by atoms with Gasteiger partial charge in [-0.05, 0) is 17.7 Å². The van der Waals surface area contributed by atoms with Gasteiger partial charge in [0.1, 0.15) is 12.4 Å². The maximum absolute atomic E-state index is 12.8. The molecular formula is C12H15F3O4. The summed E-state index contributed by atoms with van der Waals surface area (Å²) in [5.41, 5.74) is -0.766. The van der Waals surface area contributed by atoms with Crippen LogP contribution in [0.5, 0.6) is 5.75 Å². The lowest BCUT2D eigenvalue weighted by molar-refractivity contribution is -0.139. The Hall–Kier alpha value is -1.31. The van der Waals surface area contributed by atoms with E-state index in [1.54, 1.807) is 0 Å². The highest BCUT2D eigenvalue weighted by Crippen LogP contribution is 2.36. The third kappa shape index (κ3) is 5.06. The van der Waals surface area contributed by atoms with Gasteiger partial charge < -0.3 is 19.7 Å². The molecule has 1 rings (SSSR count). The predicted molar refractivity (Wildman–Crippen MR) is 60.8 cm³/mol. The normalized spacial score (nSPS) is 11.6. The summed E-state index contributed by atoms with van der Waals surface area (Å²) in [6.45, 7) is -0.484. The molecule has 0 atom stereocenters. The van der Waals surface area contributed by atoms with E-state index in [0.29, 0.717) is 0 Å². The van der Waals surface area contributed by atoms with Crippen molar-refractivity contribution < 1.29 is 32.9 Å². The number of hydrogen-bond donors (Lipinski definition) is 2. The second-order valence-electron chi connectivity index (χ2n) is 3.67. The van der Waals surface area contributed by atoms with Crippen LogP contribution in [0.1, 0.15) is 11.1 Å². The summed E-state index contributed by atoms with van der Waals surface area (Å²) in [6.07, 6.45) is -4.55. The van der Waals surface area contributed by atoms with E-state index in [-0.39, 0.29) is 37.7 Å². The fraction of sp³-hybridized carbons (Fsp3) is 0.500. The Balaban J connectivity index is 2.71. The average Bonchev–Trinajstić information content (AvgIpc) is 2.37. The highest BCUT2D eigenvalue weighted by atomic mass is 19.4. The molecule has 0 aliphatic heterocycles. The van der Waals surface area contributed by atoms with Gasteiger partial charge in [-0.25, -0.2) is 0 Å². The van der Waals surface area contributed by atoms with Crippen molar-refractivity contribution in [2.45, 2.75) is 12.8 Å². The molecule has 7 heteroatoms. The SMILES string of the molecule is OCCOCCOc1ccc(CO)cc1C(F)(F)F. The van der Waals surface area contributed by atoms with E-state index in [9.17, 15) is 13.2 Å². The number of hydrogen-bond acceptors (Lipinski definition) is 4. The first-order valence-electron chi connectivity index (χ1n) is 5.61. The quantitative estimate of drug-likeness (QED) is 0.745. The average molecular weight is 280 g/mol. The number of alkyl halides is 3. The summed E-state index contributed by atoms with van der Waals surface area (Å²) >= 11 is 0. The summed E-state index contributed by atoms with van der Waals surface area (Å²) in [5, 5.41) is 17.3. The van der Waals surface area contributed by atoms with Crippen molar-refractivity contribution in [2.24, 2.45) is 0 Å². The first-order valence-corrected chi connectivity index (χ1v) is 5.61. The van der Waals surface area contributed by atoms with E-state index >= 15 is 0 Å². The molecule has 108 valence electrons. The highest BCUT2D eigenvalue weighted by Gasteiger charge is 2.34. The molecule has 0 saturated heterocycles. The smallest absolute Gasteiger partial charge is 0.419 e. The molecule has 0 aromatic heterocycles. The minimum absolute atomic E-state index is 0.0540. The lowest BCUT2D eigenvalue weighted by atomic mass is 10.1. The Bertz CT molecular complexity index is 393. The number of benzene rings is 1. The molecule has 2 N–H and O–H groups in total. The van der Waals surface area contributed by atoms with Gasteiger partial charge in [0.05, 0.1) is 32.0 Å². The molecule has 1 aromatic carbocycles. The lowest BCUT2D eigenvalue weighted by Gasteiger charge is -2.15. The predicted octanol–water partition coefficient (Wildman–Crippen LogP) is 1.59. The van der Waals surface area contributed by atoms with Crippen molar-refractivity contribution in [2.75, 3.05) is 26.4 Å². The molecule has 19 heavy (non-hydrogen) atoms. The molecule has 0 spiro atoms. The molecule has 0 fully saturated rings. The molecule has 0 aliphatic rings. The summed E-state index contributed by atoms with van der Waals surface area (Å²) in [4.78, 5) is 0. The van der Waals surface area contributed by atoms with Gasteiger partial charge in [0.25, 0.3) is 0 Å². The Morgan fingerprint density at radius 1 is 1.05 bits per heavy atom. The van der Waals surface area contributed by atoms with Crippen LogP contribution in [0.3, 0.4) is 0 Å². The molecule has 0 radical (unpaired) electrons. The highest BCUT2D eigenvalue weighted by molar-refractivity contribution is 5.39. The fourth-order valence-corrected chi connectivity index (χ4v) is 1.40. The number of aliphatic hydroxyl groups excluding tert-OH is 2. The van der Waals surface area contributed by atoms with Crippen molar-refractivity contribution >= 4 is 0 Å². The fourth-order valence-electron chi connectivity index (χ4n) is 1.40. The Morgan fingerprint density at radius 2 is 1.79 bits per heavy atom. The van der Waals surface area contributed by atoms with Crippen molar-refractivity contribution in [3.8, 4) is 5.75 Å². The Labute approximate surface area is 108 Å². The van der Waals surface area contributed by atoms with Gasteiger partial charge in [-0.15, -0.1) is 0 Å². The maximum atomic E-state index is 12.8. The van der Waals surface area contributed by atoms with E-state index in [1.807, 2.05) is 0 Å². The minimum atomic E-state index is -4.55. The van der Waals surface area contributed by atoms with E-state index < -0.39 is 18.3 Å². The molecule has 0 heterocycles. The van der Waals surface area contributed by atoms with Crippen LogP contribution < -0.4 is 4.74 Å². The van der Waals surface area contributed by atoms with Crippen LogP contribution in [0.15, 0.2) is 18.2 Å². The standard InChI is InChI=1S/C12H15F3O4/c13-12(14,15)10-7-9(8-17)1-2-11(10)19-6-5-18-4-3-16/h1-2,7,16-17H,3-6,8H2. The van der Waals surface area contributed by atoms with Crippen LogP contribution in [-0.2, 0) is 17.5 Å². The van der Waals surface area contributed by atoms with Gasteiger partial charge in [0, 0.05) is 0 Å². The molecule has 0 bridgehead atoms. The van der Waals surface area contributed by atoms with Crippen LogP contribution in [0.2, 0.25) is 0 Å². The maximum Gasteiger partial charge on any atom is 0.419 e. The Morgan fingerprint density at radius 3 is 2.37 bits per heavy atom.